The molecule has 2 aliphatic heterocycles. The van der Waals surface area contributed by atoms with Gasteiger partial charge in [-0.05, 0) is 44.1 Å². The molecule has 0 aromatic heterocycles. The van der Waals surface area contributed by atoms with Crippen LogP contribution in [-0.4, -0.2) is 122 Å². The highest BCUT2D eigenvalue weighted by Crippen LogP contribution is 2.42. The molecule has 214 valence electrons. The molecule has 2 saturated heterocycles. The maximum atomic E-state index is 11.9. The average molecular weight is 535 g/mol. The van der Waals surface area contributed by atoms with E-state index < -0.39 is 80.7 Å². The summed E-state index contributed by atoms with van der Waals surface area (Å²) in [5.41, 5.74) is 0.829. The molecule has 0 spiro atoms. The van der Waals surface area contributed by atoms with E-state index in [2.05, 4.69) is 13.8 Å². The fourth-order valence-electron chi connectivity index (χ4n) is 5.47. The molecule has 3 rings (SSSR count). The third kappa shape index (κ3) is 6.95. The Bertz CT molecular complexity index is 801. The van der Waals surface area contributed by atoms with Gasteiger partial charge in [0.25, 0.3) is 0 Å². The second kappa shape index (κ2) is 12.4. The van der Waals surface area contributed by atoms with Crippen molar-refractivity contribution < 1.29 is 59.5 Å². The summed E-state index contributed by atoms with van der Waals surface area (Å²) in [6.45, 7) is 6.81. The topological polar surface area (TPSA) is 196 Å². The van der Waals surface area contributed by atoms with Gasteiger partial charge in [0.2, 0.25) is 0 Å². The van der Waals surface area contributed by atoms with Crippen molar-refractivity contribution in [1.29, 1.82) is 0 Å². The van der Waals surface area contributed by atoms with Crippen LogP contribution in [0.1, 0.15) is 47.0 Å². The van der Waals surface area contributed by atoms with Gasteiger partial charge in [-0.1, -0.05) is 19.4 Å². The quantitative estimate of drug-likeness (QED) is 0.178. The van der Waals surface area contributed by atoms with Crippen LogP contribution in [0.15, 0.2) is 11.6 Å². The molecular formula is C25H42O12. The van der Waals surface area contributed by atoms with Crippen LogP contribution in [0.25, 0.3) is 0 Å². The summed E-state index contributed by atoms with van der Waals surface area (Å²) in [4.78, 5) is 11.9. The average Bonchev–Trinajstić information content (AvgIpc) is 2.82. The van der Waals surface area contributed by atoms with Crippen molar-refractivity contribution in [3.05, 3.63) is 11.6 Å². The number of ether oxygens (including phenoxy) is 4. The molecule has 7 N–H and O–H groups in total. The van der Waals surface area contributed by atoms with Crippen molar-refractivity contribution in [2.45, 2.75) is 114 Å². The standard InChI is InChI=1S/C25H42O12/c1-11-7-13(27)8-25(3,4)14(11)6-5-12(2)35-24-22(33)20(31)18(29)16(37-24)10-34-23-21(32)19(30)17(28)15(9-26)36-23/h7,12,14-24,26,28-33H,5-6,8-10H2,1-4H3/t12?,14-,15-,16-,17-,18-,19+,20+,21-,22-,23-,24?/m1/s1. The van der Waals surface area contributed by atoms with Crippen molar-refractivity contribution >= 4 is 5.78 Å². The summed E-state index contributed by atoms with van der Waals surface area (Å²) in [5.74, 6) is 0.298. The van der Waals surface area contributed by atoms with E-state index in [9.17, 15) is 40.5 Å². The molecule has 0 aromatic rings. The lowest BCUT2D eigenvalue weighted by molar-refractivity contribution is -0.335. The number of aliphatic hydroxyl groups excluding tert-OH is 7. The molecule has 2 unspecified atom stereocenters. The van der Waals surface area contributed by atoms with Gasteiger partial charge in [-0.3, -0.25) is 4.79 Å². The SMILES string of the molecule is CC1=CC(=O)CC(C)(C)[C@@H]1CCC(C)OC1O[C@H](CO[C@@H]2O[C@H](CO)[C@@H](O)[C@H](O)[C@H]2O)[C@@H](O)[C@H](O)[C@H]1O. The zero-order valence-electron chi connectivity index (χ0n) is 21.7. The van der Waals surface area contributed by atoms with Crippen LogP contribution in [0, 0.1) is 11.3 Å². The molecule has 37 heavy (non-hydrogen) atoms. The van der Waals surface area contributed by atoms with Gasteiger partial charge < -0.3 is 54.7 Å². The molecule has 0 bridgehead atoms. The van der Waals surface area contributed by atoms with Crippen LogP contribution in [0.5, 0.6) is 0 Å². The molecule has 2 fully saturated rings. The van der Waals surface area contributed by atoms with Gasteiger partial charge in [-0.15, -0.1) is 0 Å². The third-order valence-corrected chi connectivity index (χ3v) is 7.68. The monoisotopic (exact) mass is 534 g/mol. The molecule has 0 aromatic carbocycles. The Morgan fingerprint density at radius 2 is 1.51 bits per heavy atom. The molecule has 12 heteroatoms. The van der Waals surface area contributed by atoms with E-state index in [1.54, 1.807) is 13.0 Å². The highest BCUT2D eigenvalue weighted by molar-refractivity contribution is 5.91. The van der Waals surface area contributed by atoms with Gasteiger partial charge in [0.15, 0.2) is 18.4 Å². The van der Waals surface area contributed by atoms with E-state index in [1.165, 1.54) is 0 Å². The largest absolute Gasteiger partial charge is 0.394 e. The second-order valence-corrected chi connectivity index (χ2v) is 11.1. The number of hydrogen-bond donors (Lipinski definition) is 7. The summed E-state index contributed by atoms with van der Waals surface area (Å²) in [7, 11) is 0. The Kier molecular flexibility index (Phi) is 10.3. The van der Waals surface area contributed by atoms with Crippen molar-refractivity contribution in [3.8, 4) is 0 Å². The van der Waals surface area contributed by atoms with Crippen molar-refractivity contribution in [1.82, 2.24) is 0 Å². The minimum atomic E-state index is -1.64. The molecule has 2 heterocycles. The van der Waals surface area contributed by atoms with E-state index in [0.29, 0.717) is 12.8 Å². The number of aliphatic hydroxyl groups is 7. The number of hydrogen-bond acceptors (Lipinski definition) is 12. The number of rotatable bonds is 9. The molecule has 0 saturated carbocycles. The lowest BCUT2D eigenvalue weighted by Gasteiger charge is -2.43. The van der Waals surface area contributed by atoms with E-state index in [1.807, 2.05) is 6.92 Å². The minimum Gasteiger partial charge on any atom is -0.394 e. The highest BCUT2D eigenvalue weighted by atomic mass is 16.7. The summed E-state index contributed by atoms with van der Waals surface area (Å²) < 4.78 is 22.3. The van der Waals surface area contributed by atoms with Gasteiger partial charge in [0.1, 0.15) is 48.8 Å². The van der Waals surface area contributed by atoms with E-state index in [-0.39, 0.29) is 17.1 Å². The summed E-state index contributed by atoms with van der Waals surface area (Å²) in [5, 5.41) is 70.4. The van der Waals surface area contributed by atoms with Gasteiger partial charge in [-0.2, -0.15) is 0 Å². The number of ketones is 1. The van der Waals surface area contributed by atoms with Crippen molar-refractivity contribution in [2.24, 2.45) is 11.3 Å². The first-order valence-electron chi connectivity index (χ1n) is 12.7. The van der Waals surface area contributed by atoms with E-state index in [0.717, 1.165) is 12.0 Å². The van der Waals surface area contributed by atoms with Crippen LogP contribution in [-0.2, 0) is 23.7 Å². The van der Waals surface area contributed by atoms with Crippen LogP contribution < -0.4 is 0 Å². The maximum Gasteiger partial charge on any atom is 0.186 e. The Morgan fingerprint density at radius 1 is 0.946 bits per heavy atom. The normalized spacial score (nSPS) is 43.4. The molecule has 0 radical (unpaired) electrons. The molecule has 1 aliphatic carbocycles. The predicted molar refractivity (Wildman–Crippen MR) is 127 cm³/mol. The number of carbonyl (C=O) groups excluding carboxylic acids is 1. The summed E-state index contributed by atoms with van der Waals surface area (Å²) in [6.07, 6.45) is -11.5. The third-order valence-electron chi connectivity index (χ3n) is 7.68. The van der Waals surface area contributed by atoms with E-state index in [4.69, 9.17) is 18.9 Å². The van der Waals surface area contributed by atoms with E-state index >= 15 is 0 Å². The first-order chi connectivity index (χ1) is 17.3. The Hall–Kier alpha value is -1.03. The maximum absolute atomic E-state index is 11.9. The van der Waals surface area contributed by atoms with Gasteiger partial charge >= 0.3 is 0 Å². The molecule has 12 nitrogen and oxygen atoms in total. The Morgan fingerprint density at radius 3 is 2.11 bits per heavy atom. The number of allylic oxidation sites excluding steroid dienone is 2. The lowest BCUT2D eigenvalue weighted by atomic mass is 9.66. The summed E-state index contributed by atoms with van der Waals surface area (Å²) >= 11 is 0. The smallest absolute Gasteiger partial charge is 0.186 e. The fourth-order valence-corrected chi connectivity index (χ4v) is 5.47. The first kappa shape index (κ1) is 30.5. The molecule has 3 aliphatic rings. The molecular weight excluding hydrogens is 492 g/mol. The zero-order valence-corrected chi connectivity index (χ0v) is 21.7. The van der Waals surface area contributed by atoms with Gasteiger partial charge in [0.05, 0.1) is 19.3 Å². The second-order valence-electron chi connectivity index (χ2n) is 11.1. The fraction of sp³-hybridized carbons (Fsp3) is 0.880. The lowest BCUT2D eigenvalue weighted by Crippen LogP contribution is -2.62. The highest BCUT2D eigenvalue weighted by Gasteiger charge is 2.48. The molecule has 12 atom stereocenters. The summed E-state index contributed by atoms with van der Waals surface area (Å²) in [6, 6.07) is 0. The van der Waals surface area contributed by atoms with Crippen LogP contribution >= 0.6 is 0 Å². The first-order valence-corrected chi connectivity index (χ1v) is 12.7. The Balaban J connectivity index is 1.57. The van der Waals surface area contributed by atoms with Crippen LogP contribution in [0.4, 0.5) is 0 Å². The van der Waals surface area contributed by atoms with Crippen molar-refractivity contribution in [2.75, 3.05) is 13.2 Å². The van der Waals surface area contributed by atoms with Gasteiger partial charge in [0, 0.05) is 6.42 Å². The number of carbonyl (C=O) groups is 1. The van der Waals surface area contributed by atoms with Gasteiger partial charge in [-0.25, -0.2) is 0 Å². The predicted octanol–water partition coefficient (Wildman–Crippen LogP) is -1.64. The van der Waals surface area contributed by atoms with Crippen LogP contribution in [0.2, 0.25) is 0 Å². The Labute approximate surface area is 216 Å². The van der Waals surface area contributed by atoms with Crippen molar-refractivity contribution in [3.63, 3.8) is 0 Å². The minimum absolute atomic E-state index is 0.117. The molecule has 0 amide bonds. The zero-order chi connectivity index (χ0) is 27.7. The van der Waals surface area contributed by atoms with Crippen LogP contribution in [0.3, 0.4) is 0 Å².